The monoisotopic (exact) mass is 290 g/mol. The van der Waals surface area contributed by atoms with Crippen LogP contribution >= 0.6 is 27.7 Å². The summed E-state index contributed by atoms with van der Waals surface area (Å²) in [6, 6.07) is 15.2. The van der Waals surface area contributed by atoms with Gasteiger partial charge in [0.05, 0.1) is 0 Å². The van der Waals surface area contributed by atoms with Crippen molar-refractivity contribution in [2.75, 3.05) is 0 Å². The van der Waals surface area contributed by atoms with Crippen LogP contribution < -0.4 is 0 Å². The summed E-state index contributed by atoms with van der Waals surface area (Å²) < 4.78 is 1.24. The molecule has 0 fully saturated rings. The van der Waals surface area contributed by atoms with Gasteiger partial charge in [-0.3, -0.25) is 0 Å². The molecular formula is C14H11BrS. The lowest BCUT2D eigenvalue weighted by Gasteiger charge is -2.06. The maximum atomic E-state index is 3.65. The van der Waals surface area contributed by atoms with E-state index in [2.05, 4.69) is 58.4 Å². The molecule has 80 valence electrons. The summed E-state index contributed by atoms with van der Waals surface area (Å²) in [5.74, 6) is 1.06. The Morgan fingerprint density at radius 2 is 1.75 bits per heavy atom. The first-order valence-corrected chi connectivity index (χ1v) is 7.09. The molecular weight excluding hydrogens is 280 g/mol. The highest BCUT2D eigenvalue weighted by Crippen LogP contribution is 2.36. The molecule has 0 saturated carbocycles. The topological polar surface area (TPSA) is 0 Å². The van der Waals surface area contributed by atoms with Gasteiger partial charge in [0.2, 0.25) is 0 Å². The molecule has 0 unspecified atom stereocenters. The molecule has 2 heteroatoms. The van der Waals surface area contributed by atoms with Crippen LogP contribution in [0.15, 0.2) is 51.8 Å². The molecule has 3 rings (SSSR count). The van der Waals surface area contributed by atoms with Gasteiger partial charge in [-0.05, 0) is 35.2 Å². The van der Waals surface area contributed by atoms with Crippen molar-refractivity contribution >= 4 is 27.7 Å². The normalized spacial score (nSPS) is 13.8. The highest BCUT2D eigenvalue weighted by atomic mass is 79.9. The second-order valence-electron chi connectivity index (χ2n) is 3.95. The van der Waals surface area contributed by atoms with Crippen LogP contribution in [0, 0.1) is 0 Å². The molecule has 0 spiro atoms. The van der Waals surface area contributed by atoms with Gasteiger partial charge in [-0.25, -0.2) is 0 Å². The number of thioether (sulfide) groups is 1. The first-order valence-electron chi connectivity index (χ1n) is 5.31. The fraction of sp³-hybridized carbons (Fsp3) is 0.143. The van der Waals surface area contributed by atoms with E-state index in [1.165, 1.54) is 26.1 Å². The Labute approximate surface area is 108 Å². The van der Waals surface area contributed by atoms with Gasteiger partial charge in [0.15, 0.2) is 0 Å². The van der Waals surface area contributed by atoms with Crippen molar-refractivity contribution in [3.8, 4) is 0 Å². The summed E-state index contributed by atoms with van der Waals surface area (Å²) in [6.45, 7) is 0. The van der Waals surface area contributed by atoms with E-state index in [0.717, 1.165) is 12.2 Å². The van der Waals surface area contributed by atoms with E-state index >= 15 is 0 Å². The van der Waals surface area contributed by atoms with Gasteiger partial charge in [0, 0.05) is 15.1 Å². The number of hydrogen-bond donors (Lipinski definition) is 0. The van der Waals surface area contributed by atoms with Crippen molar-refractivity contribution in [2.45, 2.75) is 17.1 Å². The molecule has 0 N–H and O–H groups in total. The van der Waals surface area contributed by atoms with Crippen LogP contribution in [0.2, 0.25) is 0 Å². The van der Waals surface area contributed by atoms with Gasteiger partial charge in [-0.1, -0.05) is 46.3 Å². The molecule has 16 heavy (non-hydrogen) atoms. The predicted molar refractivity (Wildman–Crippen MR) is 73.0 cm³/mol. The standard InChI is InChI=1S/C14H11BrS/c15-13-6-3-5-10-8-11-4-1-2-7-14(11)16-9-12(10)13/h1-7H,8-9H2. The Morgan fingerprint density at radius 1 is 0.938 bits per heavy atom. The molecule has 1 aliphatic heterocycles. The fourth-order valence-electron chi connectivity index (χ4n) is 2.08. The van der Waals surface area contributed by atoms with E-state index in [4.69, 9.17) is 0 Å². The molecule has 1 heterocycles. The largest absolute Gasteiger partial charge is 0.121 e. The van der Waals surface area contributed by atoms with Crippen LogP contribution in [0.25, 0.3) is 0 Å². The van der Waals surface area contributed by atoms with Crippen molar-refractivity contribution in [2.24, 2.45) is 0 Å². The lowest BCUT2D eigenvalue weighted by molar-refractivity contribution is 1.12. The maximum absolute atomic E-state index is 3.65. The van der Waals surface area contributed by atoms with Crippen LogP contribution in [-0.2, 0) is 12.2 Å². The molecule has 0 aromatic heterocycles. The van der Waals surface area contributed by atoms with Gasteiger partial charge >= 0.3 is 0 Å². The number of benzene rings is 2. The van der Waals surface area contributed by atoms with Crippen molar-refractivity contribution in [1.29, 1.82) is 0 Å². The van der Waals surface area contributed by atoms with Crippen LogP contribution in [0.5, 0.6) is 0 Å². The number of rotatable bonds is 0. The summed E-state index contributed by atoms with van der Waals surface area (Å²) in [5.41, 5.74) is 4.35. The van der Waals surface area contributed by atoms with Gasteiger partial charge in [-0.2, -0.15) is 0 Å². The Hall–Kier alpha value is -0.730. The third-order valence-electron chi connectivity index (χ3n) is 2.94. The van der Waals surface area contributed by atoms with Gasteiger partial charge in [-0.15, -0.1) is 11.8 Å². The summed E-state index contributed by atoms with van der Waals surface area (Å²) in [7, 11) is 0. The minimum absolute atomic E-state index is 1.05. The van der Waals surface area contributed by atoms with E-state index in [-0.39, 0.29) is 0 Å². The van der Waals surface area contributed by atoms with Crippen LogP contribution in [0.3, 0.4) is 0 Å². The average Bonchev–Trinajstić information content (AvgIpc) is 2.48. The van der Waals surface area contributed by atoms with Crippen molar-refractivity contribution in [3.05, 3.63) is 63.6 Å². The van der Waals surface area contributed by atoms with Crippen LogP contribution in [0.4, 0.5) is 0 Å². The van der Waals surface area contributed by atoms with Crippen LogP contribution in [-0.4, -0.2) is 0 Å². The zero-order valence-corrected chi connectivity index (χ0v) is 11.1. The zero-order chi connectivity index (χ0) is 11.0. The van der Waals surface area contributed by atoms with Gasteiger partial charge in [0.25, 0.3) is 0 Å². The molecule has 2 aromatic rings. The zero-order valence-electron chi connectivity index (χ0n) is 8.74. The summed E-state index contributed by atoms with van der Waals surface area (Å²) >= 11 is 5.58. The van der Waals surface area contributed by atoms with Crippen molar-refractivity contribution in [1.82, 2.24) is 0 Å². The molecule has 0 saturated heterocycles. The summed E-state index contributed by atoms with van der Waals surface area (Å²) in [6.07, 6.45) is 1.05. The highest BCUT2D eigenvalue weighted by molar-refractivity contribution is 9.10. The lowest BCUT2D eigenvalue weighted by atomic mass is 10.0. The number of halogens is 1. The highest BCUT2D eigenvalue weighted by Gasteiger charge is 2.14. The van der Waals surface area contributed by atoms with E-state index in [1.54, 1.807) is 0 Å². The summed E-state index contributed by atoms with van der Waals surface area (Å²) in [5, 5.41) is 0. The van der Waals surface area contributed by atoms with E-state index < -0.39 is 0 Å². The maximum Gasteiger partial charge on any atom is 0.0246 e. The number of hydrogen-bond acceptors (Lipinski definition) is 1. The van der Waals surface area contributed by atoms with Gasteiger partial charge in [0.1, 0.15) is 0 Å². The minimum Gasteiger partial charge on any atom is -0.121 e. The Morgan fingerprint density at radius 3 is 2.69 bits per heavy atom. The Bertz CT molecular complexity index is 534. The third-order valence-corrected chi connectivity index (χ3v) is 4.83. The molecule has 2 aromatic carbocycles. The molecule has 0 atom stereocenters. The van der Waals surface area contributed by atoms with E-state index in [9.17, 15) is 0 Å². The minimum atomic E-state index is 1.05. The second-order valence-corrected chi connectivity index (χ2v) is 5.82. The molecule has 0 aliphatic carbocycles. The molecule has 0 nitrogen and oxygen atoms in total. The smallest absolute Gasteiger partial charge is 0.0246 e. The van der Waals surface area contributed by atoms with E-state index in [0.29, 0.717) is 0 Å². The Balaban J connectivity index is 2.12. The molecule has 0 bridgehead atoms. The molecule has 0 amide bonds. The third kappa shape index (κ3) is 1.80. The first-order chi connectivity index (χ1) is 7.84. The molecule has 0 radical (unpaired) electrons. The Kier molecular flexibility index (Phi) is 2.78. The second kappa shape index (κ2) is 4.27. The van der Waals surface area contributed by atoms with Crippen molar-refractivity contribution < 1.29 is 0 Å². The van der Waals surface area contributed by atoms with Crippen molar-refractivity contribution in [3.63, 3.8) is 0 Å². The van der Waals surface area contributed by atoms with Gasteiger partial charge < -0.3 is 0 Å². The quantitative estimate of drug-likeness (QED) is 0.681. The van der Waals surface area contributed by atoms with Crippen LogP contribution in [0.1, 0.15) is 16.7 Å². The number of fused-ring (bicyclic) bond motifs is 2. The summed E-state index contributed by atoms with van der Waals surface area (Å²) in [4.78, 5) is 1.42. The average molecular weight is 291 g/mol. The predicted octanol–water partition coefficient (Wildman–Crippen LogP) is 4.65. The molecule has 1 aliphatic rings. The fourth-order valence-corrected chi connectivity index (χ4v) is 3.95. The lowest BCUT2D eigenvalue weighted by Crippen LogP contribution is -1.92. The first kappa shape index (κ1) is 10.4. The van der Waals surface area contributed by atoms with E-state index in [1.807, 2.05) is 11.8 Å². The SMILES string of the molecule is Brc1cccc2c1CSc1ccccc1C2.